The van der Waals surface area contributed by atoms with Gasteiger partial charge in [0.1, 0.15) is 6.04 Å². The molecule has 164 valence electrons. The number of benzene rings is 3. The molecule has 0 saturated carbocycles. The summed E-state index contributed by atoms with van der Waals surface area (Å²) in [7, 11) is 0. The highest BCUT2D eigenvalue weighted by Gasteiger charge is 2.23. The molecule has 6 heteroatoms. The quantitative estimate of drug-likeness (QED) is 0.299. The lowest BCUT2D eigenvalue weighted by Crippen LogP contribution is -2.34. The summed E-state index contributed by atoms with van der Waals surface area (Å²) in [6.45, 7) is 0.577. The first-order valence-electron chi connectivity index (χ1n) is 10.8. The standard InChI is InChI=1S/C27H23N3O2S/c31-27(29-15-14-19-6-2-1-3-7-19)26(23-17-33-25-9-5-4-8-22(23)25)30-21-12-10-20(11-13-21)24-16-28-18-32-24/h1-13,16-18,26,30H,14-15H2,(H,29,31). The van der Waals surface area contributed by atoms with E-state index in [2.05, 4.69) is 45.3 Å². The normalized spacial score (nSPS) is 11.9. The summed E-state index contributed by atoms with van der Waals surface area (Å²) in [5, 5.41) is 9.73. The van der Waals surface area contributed by atoms with E-state index in [0.717, 1.165) is 33.3 Å². The molecule has 2 heterocycles. The number of thiophene rings is 1. The van der Waals surface area contributed by atoms with Crippen LogP contribution >= 0.6 is 11.3 Å². The van der Waals surface area contributed by atoms with E-state index in [9.17, 15) is 4.79 Å². The Morgan fingerprint density at radius 1 is 0.970 bits per heavy atom. The number of carbonyl (C=O) groups is 1. The fourth-order valence-electron chi connectivity index (χ4n) is 3.84. The maximum absolute atomic E-state index is 13.3. The molecule has 0 aliphatic heterocycles. The van der Waals surface area contributed by atoms with Gasteiger partial charge in [0, 0.05) is 28.1 Å². The molecule has 0 aliphatic rings. The smallest absolute Gasteiger partial charge is 0.247 e. The van der Waals surface area contributed by atoms with E-state index in [1.807, 2.05) is 54.6 Å². The van der Waals surface area contributed by atoms with Crippen LogP contribution in [0.25, 0.3) is 21.4 Å². The molecule has 5 aromatic rings. The Bertz CT molecular complexity index is 1330. The fraction of sp³-hybridized carbons (Fsp3) is 0.111. The number of hydrogen-bond donors (Lipinski definition) is 2. The number of fused-ring (bicyclic) bond motifs is 1. The van der Waals surface area contributed by atoms with Gasteiger partial charge in [-0.2, -0.15) is 0 Å². The number of anilines is 1. The van der Waals surface area contributed by atoms with Crippen molar-refractivity contribution in [2.75, 3.05) is 11.9 Å². The minimum atomic E-state index is -0.506. The zero-order valence-corrected chi connectivity index (χ0v) is 18.7. The Hall–Kier alpha value is -3.90. The molecule has 2 aromatic heterocycles. The largest absolute Gasteiger partial charge is 0.444 e. The highest BCUT2D eigenvalue weighted by molar-refractivity contribution is 7.17. The van der Waals surface area contributed by atoms with Crippen LogP contribution in [0, 0.1) is 0 Å². The number of aromatic nitrogens is 1. The number of carbonyl (C=O) groups excluding carboxylic acids is 1. The summed E-state index contributed by atoms with van der Waals surface area (Å²) < 4.78 is 6.54. The predicted molar refractivity (Wildman–Crippen MR) is 133 cm³/mol. The molecular formula is C27H23N3O2S. The van der Waals surface area contributed by atoms with Crippen molar-refractivity contribution in [1.29, 1.82) is 0 Å². The monoisotopic (exact) mass is 453 g/mol. The van der Waals surface area contributed by atoms with E-state index in [4.69, 9.17) is 4.42 Å². The molecule has 33 heavy (non-hydrogen) atoms. The molecule has 1 unspecified atom stereocenters. The van der Waals surface area contributed by atoms with Crippen molar-refractivity contribution in [2.45, 2.75) is 12.5 Å². The summed E-state index contributed by atoms with van der Waals surface area (Å²) in [5.41, 5.74) is 3.97. The maximum atomic E-state index is 13.3. The average molecular weight is 454 g/mol. The zero-order chi connectivity index (χ0) is 22.5. The van der Waals surface area contributed by atoms with Crippen molar-refractivity contribution in [2.24, 2.45) is 0 Å². The molecule has 2 N–H and O–H groups in total. The summed E-state index contributed by atoms with van der Waals surface area (Å²) in [6.07, 6.45) is 3.89. The van der Waals surface area contributed by atoms with E-state index < -0.39 is 6.04 Å². The van der Waals surface area contributed by atoms with Crippen LogP contribution < -0.4 is 10.6 Å². The van der Waals surface area contributed by atoms with Crippen LogP contribution in [0.4, 0.5) is 5.69 Å². The third-order valence-electron chi connectivity index (χ3n) is 5.55. The van der Waals surface area contributed by atoms with Gasteiger partial charge in [0.05, 0.1) is 6.20 Å². The number of nitrogens with zero attached hydrogens (tertiary/aromatic N) is 1. The number of rotatable bonds is 8. The maximum Gasteiger partial charge on any atom is 0.247 e. The molecule has 0 saturated heterocycles. The van der Waals surface area contributed by atoms with Crippen molar-refractivity contribution in [3.8, 4) is 11.3 Å². The van der Waals surface area contributed by atoms with Gasteiger partial charge in [0.2, 0.25) is 5.91 Å². The molecule has 0 fully saturated rings. The van der Waals surface area contributed by atoms with Gasteiger partial charge >= 0.3 is 0 Å². The molecule has 1 atom stereocenters. The van der Waals surface area contributed by atoms with E-state index >= 15 is 0 Å². The highest BCUT2D eigenvalue weighted by atomic mass is 32.1. The van der Waals surface area contributed by atoms with Crippen LogP contribution in [-0.4, -0.2) is 17.4 Å². The summed E-state index contributed by atoms with van der Waals surface area (Å²) in [4.78, 5) is 17.3. The lowest BCUT2D eigenvalue weighted by atomic mass is 10.0. The third kappa shape index (κ3) is 4.81. The van der Waals surface area contributed by atoms with E-state index in [0.29, 0.717) is 12.3 Å². The van der Waals surface area contributed by atoms with Gasteiger partial charge in [-0.3, -0.25) is 4.79 Å². The molecule has 1 amide bonds. The first kappa shape index (κ1) is 21.0. The van der Waals surface area contributed by atoms with Crippen molar-refractivity contribution in [1.82, 2.24) is 10.3 Å². The second kappa shape index (κ2) is 9.71. The van der Waals surface area contributed by atoms with Crippen molar-refractivity contribution in [3.63, 3.8) is 0 Å². The average Bonchev–Trinajstić information content (AvgIpc) is 3.54. The van der Waals surface area contributed by atoms with Gasteiger partial charge in [-0.25, -0.2) is 4.98 Å². The van der Waals surface area contributed by atoms with Gasteiger partial charge in [0.15, 0.2) is 12.2 Å². The van der Waals surface area contributed by atoms with Gasteiger partial charge < -0.3 is 15.1 Å². The first-order chi connectivity index (χ1) is 16.3. The van der Waals surface area contributed by atoms with Crippen molar-refractivity contribution >= 4 is 33.0 Å². The van der Waals surface area contributed by atoms with Crippen LogP contribution in [-0.2, 0) is 11.2 Å². The van der Waals surface area contributed by atoms with Crippen LogP contribution in [0.3, 0.4) is 0 Å². The second-order valence-electron chi connectivity index (χ2n) is 7.73. The summed E-state index contributed by atoms with van der Waals surface area (Å²) >= 11 is 1.65. The zero-order valence-electron chi connectivity index (χ0n) is 17.9. The third-order valence-corrected chi connectivity index (χ3v) is 6.53. The lowest BCUT2D eigenvalue weighted by molar-refractivity contribution is -0.121. The predicted octanol–water partition coefficient (Wildman–Crippen LogP) is 6.07. The summed E-state index contributed by atoms with van der Waals surface area (Å²) in [5.74, 6) is 0.661. The molecule has 3 aromatic carbocycles. The Morgan fingerprint density at radius 3 is 2.55 bits per heavy atom. The van der Waals surface area contributed by atoms with Crippen LogP contribution in [0.5, 0.6) is 0 Å². The molecule has 0 aliphatic carbocycles. The molecule has 5 rings (SSSR count). The van der Waals surface area contributed by atoms with Crippen molar-refractivity contribution < 1.29 is 9.21 Å². The molecule has 0 spiro atoms. The second-order valence-corrected chi connectivity index (χ2v) is 8.65. The topological polar surface area (TPSA) is 67.2 Å². The molecule has 5 nitrogen and oxygen atoms in total. The van der Waals surface area contributed by atoms with Gasteiger partial charge in [-0.15, -0.1) is 11.3 Å². The van der Waals surface area contributed by atoms with E-state index in [-0.39, 0.29) is 5.91 Å². The van der Waals surface area contributed by atoms with Crippen LogP contribution in [0.1, 0.15) is 17.2 Å². The SMILES string of the molecule is O=C(NCCc1ccccc1)C(Nc1ccc(-c2cnco2)cc1)c1csc2ccccc12. The Labute approximate surface area is 196 Å². The minimum absolute atomic E-state index is 0.0474. The van der Waals surface area contributed by atoms with Crippen molar-refractivity contribution in [3.05, 3.63) is 108 Å². The lowest BCUT2D eigenvalue weighted by Gasteiger charge is -2.20. The van der Waals surface area contributed by atoms with E-state index in [1.165, 1.54) is 12.0 Å². The van der Waals surface area contributed by atoms with Gasteiger partial charge in [-0.05, 0) is 53.1 Å². The van der Waals surface area contributed by atoms with Gasteiger partial charge in [0.25, 0.3) is 0 Å². The Balaban J connectivity index is 1.37. The Morgan fingerprint density at radius 2 is 1.76 bits per heavy atom. The van der Waals surface area contributed by atoms with Gasteiger partial charge in [-0.1, -0.05) is 48.5 Å². The molecule has 0 radical (unpaired) electrons. The number of oxazole rings is 1. The van der Waals surface area contributed by atoms with Crippen LogP contribution in [0.15, 0.2) is 101 Å². The summed E-state index contributed by atoms with van der Waals surface area (Å²) in [6, 6.07) is 25.7. The number of amides is 1. The number of hydrogen-bond acceptors (Lipinski definition) is 5. The van der Waals surface area contributed by atoms with Crippen LogP contribution in [0.2, 0.25) is 0 Å². The number of nitrogens with one attached hydrogen (secondary N) is 2. The first-order valence-corrected chi connectivity index (χ1v) is 11.7. The molecular weight excluding hydrogens is 430 g/mol. The highest BCUT2D eigenvalue weighted by Crippen LogP contribution is 2.33. The fourth-order valence-corrected chi connectivity index (χ4v) is 4.83. The minimum Gasteiger partial charge on any atom is -0.444 e. The van der Waals surface area contributed by atoms with E-state index in [1.54, 1.807) is 17.5 Å². The molecule has 0 bridgehead atoms. The Kier molecular flexibility index (Phi) is 6.17.